The Hall–Kier alpha value is -1.07. The highest BCUT2D eigenvalue weighted by atomic mass is 19.4. The van der Waals surface area contributed by atoms with Gasteiger partial charge in [0.25, 0.3) is 0 Å². The van der Waals surface area contributed by atoms with Gasteiger partial charge in [0.1, 0.15) is 0 Å². The summed E-state index contributed by atoms with van der Waals surface area (Å²) in [7, 11) is 0. The van der Waals surface area contributed by atoms with Crippen LogP contribution in [0.25, 0.3) is 0 Å². The number of hydrogen-bond acceptors (Lipinski definition) is 1. The molecule has 2 nitrogen and oxygen atoms in total. The monoisotopic (exact) mass is 336 g/mol. The fraction of sp³-hybridized carbons (Fsp3) is 0.824. The highest BCUT2D eigenvalue weighted by molar-refractivity contribution is 5.07. The second kappa shape index (κ2) is 8.69. The minimum atomic E-state index is -4.61. The molecule has 0 spiro atoms. The van der Waals surface area contributed by atoms with Gasteiger partial charge in [0.05, 0.1) is 5.54 Å². The molecule has 0 fully saturated rings. The zero-order valence-electron chi connectivity index (χ0n) is 14.3. The predicted octanol–water partition coefficient (Wildman–Crippen LogP) is 6.31. The standard InChI is InChI=1S/C17H28F4N2/c1-4-6-8-9-10-12-16(3,11-7-5-2)23-15(18)13-14(22-23)17(19,20)21/h13H,4-12H2,1-3H3. The fourth-order valence-electron chi connectivity index (χ4n) is 2.88. The van der Waals surface area contributed by atoms with Crippen molar-refractivity contribution in [1.29, 1.82) is 0 Å². The van der Waals surface area contributed by atoms with Crippen molar-refractivity contribution in [3.8, 4) is 0 Å². The summed E-state index contributed by atoms with van der Waals surface area (Å²) in [5.74, 6) is -0.899. The van der Waals surface area contributed by atoms with Crippen LogP contribution >= 0.6 is 0 Å². The van der Waals surface area contributed by atoms with E-state index in [1.165, 1.54) is 0 Å². The van der Waals surface area contributed by atoms with E-state index in [-0.39, 0.29) is 0 Å². The highest BCUT2D eigenvalue weighted by Crippen LogP contribution is 2.34. The highest BCUT2D eigenvalue weighted by Gasteiger charge is 2.38. The van der Waals surface area contributed by atoms with Crippen LogP contribution in [0, 0.1) is 5.95 Å². The van der Waals surface area contributed by atoms with Gasteiger partial charge in [-0.15, -0.1) is 0 Å². The summed E-state index contributed by atoms with van der Waals surface area (Å²) in [5.41, 5.74) is -1.85. The quantitative estimate of drug-likeness (QED) is 0.362. The summed E-state index contributed by atoms with van der Waals surface area (Å²) in [4.78, 5) is 0. The first kappa shape index (κ1) is 20.0. The van der Waals surface area contributed by atoms with E-state index in [2.05, 4.69) is 12.0 Å². The molecule has 23 heavy (non-hydrogen) atoms. The number of halogens is 4. The molecule has 0 saturated carbocycles. The van der Waals surface area contributed by atoms with Crippen LogP contribution in [-0.4, -0.2) is 9.78 Å². The van der Waals surface area contributed by atoms with E-state index in [1.54, 1.807) is 0 Å². The van der Waals surface area contributed by atoms with Crippen molar-refractivity contribution in [3.63, 3.8) is 0 Å². The van der Waals surface area contributed by atoms with Gasteiger partial charge in [0, 0.05) is 6.07 Å². The number of aromatic nitrogens is 2. The number of unbranched alkanes of at least 4 members (excludes halogenated alkanes) is 5. The van der Waals surface area contributed by atoms with E-state index in [0.717, 1.165) is 49.6 Å². The SMILES string of the molecule is CCCCCCCC(C)(CCCC)n1nc(C(F)(F)F)cc1F. The van der Waals surface area contributed by atoms with Gasteiger partial charge in [-0.3, -0.25) is 0 Å². The van der Waals surface area contributed by atoms with Crippen molar-refractivity contribution in [2.75, 3.05) is 0 Å². The third-order valence-corrected chi connectivity index (χ3v) is 4.36. The van der Waals surface area contributed by atoms with E-state index in [1.807, 2.05) is 13.8 Å². The molecule has 0 aliphatic carbocycles. The first-order chi connectivity index (χ1) is 10.7. The molecular formula is C17H28F4N2. The van der Waals surface area contributed by atoms with Gasteiger partial charge in [0.15, 0.2) is 5.69 Å². The lowest BCUT2D eigenvalue weighted by Gasteiger charge is -2.30. The summed E-state index contributed by atoms with van der Waals surface area (Å²) in [5, 5.41) is 3.54. The van der Waals surface area contributed by atoms with Crippen LogP contribution in [0.2, 0.25) is 0 Å². The summed E-state index contributed by atoms with van der Waals surface area (Å²) >= 11 is 0. The normalized spacial score (nSPS) is 14.9. The summed E-state index contributed by atoms with van der Waals surface area (Å²) in [6.07, 6.45) is 3.71. The van der Waals surface area contributed by atoms with E-state index in [4.69, 9.17) is 0 Å². The number of alkyl halides is 3. The van der Waals surface area contributed by atoms with Crippen molar-refractivity contribution in [2.45, 2.75) is 90.3 Å². The fourth-order valence-corrected chi connectivity index (χ4v) is 2.88. The molecule has 1 rings (SSSR count). The van der Waals surface area contributed by atoms with Crippen LogP contribution in [0.5, 0.6) is 0 Å². The minimum Gasteiger partial charge on any atom is -0.233 e. The lowest BCUT2D eigenvalue weighted by Crippen LogP contribution is -2.33. The topological polar surface area (TPSA) is 17.8 Å². The molecule has 1 aromatic heterocycles. The Morgan fingerprint density at radius 2 is 1.52 bits per heavy atom. The van der Waals surface area contributed by atoms with Gasteiger partial charge < -0.3 is 0 Å². The molecule has 134 valence electrons. The minimum absolute atomic E-state index is 0.501. The van der Waals surface area contributed by atoms with Gasteiger partial charge in [-0.2, -0.15) is 22.7 Å². The third-order valence-electron chi connectivity index (χ3n) is 4.36. The van der Waals surface area contributed by atoms with Crippen LogP contribution in [-0.2, 0) is 11.7 Å². The molecule has 1 atom stereocenters. The number of hydrogen-bond donors (Lipinski definition) is 0. The second-order valence-corrected chi connectivity index (χ2v) is 6.53. The Bertz CT molecular complexity index is 468. The second-order valence-electron chi connectivity index (χ2n) is 6.53. The number of rotatable bonds is 10. The first-order valence-corrected chi connectivity index (χ1v) is 8.58. The maximum Gasteiger partial charge on any atom is 0.435 e. The van der Waals surface area contributed by atoms with Gasteiger partial charge in [0.2, 0.25) is 5.95 Å². The first-order valence-electron chi connectivity index (χ1n) is 8.58. The van der Waals surface area contributed by atoms with Crippen LogP contribution in [0.15, 0.2) is 6.07 Å². The van der Waals surface area contributed by atoms with Gasteiger partial charge in [-0.25, -0.2) is 4.68 Å². The largest absolute Gasteiger partial charge is 0.435 e. The Kier molecular flexibility index (Phi) is 7.55. The molecule has 0 aliphatic heterocycles. The van der Waals surface area contributed by atoms with Crippen LogP contribution in [0.1, 0.15) is 84.3 Å². The zero-order valence-corrected chi connectivity index (χ0v) is 14.3. The maximum absolute atomic E-state index is 14.1. The lowest BCUT2D eigenvalue weighted by molar-refractivity contribution is -0.141. The molecule has 6 heteroatoms. The van der Waals surface area contributed by atoms with Crippen LogP contribution in [0.3, 0.4) is 0 Å². The molecule has 0 saturated heterocycles. The Labute approximate surface area is 136 Å². The van der Waals surface area contributed by atoms with Gasteiger partial charge in [-0.05, 0) is 19.8 Å². The molecule has 1 aromatic rings. The number of nitrogens with zero attached hydrogens (tertiary/aromatic N) is 2. The van der Waals surface area contributed by atoms with Crippen LogP contribution < -0.4 is 0 Å². The molecule has 0 radical (unpaired) electrons. The molecule has 0 amide bonds. The molecule has 0 aliphatic rings. The molecule has 1 unspecified atom stereocenters. The zero-order chi connectivity index (χ0) is 17.5. The Morgan fingerprint density at radius 1 is 0.957 bits per heavy atom. The molecule has 1 heterocycles. The summed E-state index contributed by atoms with van der Waals surface area (Å²) < 4.78 is 53.4. The molecule has 0 N–H and O–H groups in total. The average Bonchev–Trinajstić information content (AvgIpc) is 2.88. The van der Waals surface area contributed by atoms with Crippen molar-refractivity contribution in [3.05, 3.63) is 17.7 Å². The Balaban J connectivity index is 2.89. The average molecular weight is 336 g/mol. The summed E-state index contributed by atoms with van der Waals surface area (Å²) in [6.45, 7) is 5.96. The van der Waals surface area contributed by atoms with Crippen molar-refractivity contribution in [2.24, 2.45) is 0 Å². The van der Waals surface area contributed by atoms with Gasteiger partial charge >= 0.3 is 6.18 Å². The van der Waals surface area contributed by atoms with E-state index in [0.29, 0.717) is 18.9 Å². The molecular weight excluding hydrogens is 308 g/mol. The van der Waals surface area contributed by atoms with Gasteiger partial charge in [-0.1, -0.05) is 58.8 Å². The van der Waals surface area contributed by atoms with E-state index >= 15 is 0 Å². The summed E-state index contributed by atoms with van der Waals surface area (Å²) in [6, 6.07) is 0.501. The molecule has 0 aromatic carbocycles. The Morgan fingerprint density at radius 3 is 2.04 bits per heavy atom. The predicted molar refractivity (Wildman–Crippen MR) is 83.7 cm³/mol. The van der Waals surface area contributed by atoms with Crippen molar-refractivity contribution >= 4 is 0 Å². The third kappa shape index (κ3) is 5.81. The smallest absolute Gasteiger partial charge is 0.233 e. The van der Waals surface area contributed by atoms with Crippen molar-refractivity contribution in [1.82, 2.24) is 9.78 Å². The van der Waals surface area contributed by atoms with E-state index < -0.39 is 23.4 Å². The lowest BCUT2D eigenvalue weighted by atomic mass is 9.88. The molecule has 0 bridgehead atoms. The van der Waals surface area contributed by atoms with E-state index in [9.17, 15) is 17.6 Å². The van der Waals surface area contributed by atoms with Crippen LogP contribution in [0.4, 0.5) is 17.6 Å². The van der Waals surface area contributed by atoms with Crippen molar-refractivity contribution < 1.29 is 17.6 Å². The maximum atomic E-state index is 14.1.